The van der Waals surface area contributed by atoms with Crippen LogP contribution in [0.5, 0.6) is 0 Å². The molecule has 0 spiro atoms. The standard InChI is InChI=1S/C13H17ClN2O4S/c1-9-8-15-5-6-16(9)21(18,19)10-3-4-11(12(14)7-10)13(17)20-2/h3-4,7,9,15H,5-6,8H2,1-2H3. The van der Waals surface area contributed by atoms with Crippen LogP contribution in [-0.4, -0.2) is 51.5 Å². The van der Waals surface area contributed by atoms with E-state index in [4.69, 9.17) is 11.6 Å². The zero-order chi connectivity index (χ0) is 15.6. The minimum atomic E-state index is -3.63. The molecule has 21 heavy (non-hydrogen) atoms. The van der Waals surface area contributed by atoms with Crippen molar-refractivity contribution in [3.05, 3.63) is 28.8 Å². The number of rotatable bonds is 3. The van der Waals surface area contributed by atoms with Crippen molar-refractivity contribution < 1.29 is 17.9 Å². The van der Waals surface area contributed by atoms with E-state index in [2.05, 4.69) is 10.1 Å². The Balaban J connectivity index is 2.37. The first-order valence-corrected chi connectivity index (χ1v) is 8.30. The molecule has 1 saturated heterocycles. The highest BCUT2D eigenvalue weighted by molar-refractivity contribution is 7.89. The summed E-state index contributed by atoms with van der Waals surface area (Å²) in [4.78, 5) is 11.6. The van der Waals surface area contributed by atoms with Gasteiger partial charge in [-0.3, -0.25) is 0 Å². The van der Waals surface area contributed by atoms with Gasteiger partial charge in [0.25, 0.3) is 0 Å². The molecule has 8 heteroatoms. The minimum absolute atomic E-state index is 0.0608. The molecular weight excluding hydrogens is 316 g/mol. The lowest BCUT2D eigenvalue weighted by atomic mass is 10.2. The maximum atomic E-state index is 12.6. The molecule has 1 heterocycles. The number of esters is 1. The minimum Gasteiger partial charge on any atom is -0.465 e. The first-order chi connectivity index (χ1) is 9.87. The Morgan fingerprint density at radius 3 is 2.76 bits per heavy atom. The van der Waals surface area contributed by atoms with Gasteiger partial charge in [-0.15, -0.1) is 0 Å². The predicted molar refractivity (Wildman–Crippen MR) is 79.0 cm³/mol. The SMILES string of the molecule is COC(=O)c1ccc(S(=O)(=O)N2CCNCC2C)cc1Cl. The molecule has 1 aliphatic heterocycles. The fourth-order valence-electron chi connectivity index (χ4n) is 2.25. The number of sulfonamides is 1. The highest BCUT2D eigenvalue weighted by Gasteiger charge is 2.31. The largest absolute Gasteiger partial charge is 0.465 e. The summed E-state index contributed by atoms with van der Waals surface area (Å²) in [6, 6.07) is 3.90. The highest BCUT2D eigenvalue weighted by Crippen LogP contribution is 2.25. The van der Waals surface area contributed by atoms with E-state index in [1.807, 2.05) is 6.92 Å². The molecule has 2 rings (SSSR count). The van der Waals surface area contributed by atoms with Gasteiger partial charge in [0.05, 0.1) is 22.6 Å². The molecule has 1 atom stereocenters. The number of hydrogen-bond acceptors (Lipinski definition) is 5. The molecule has 0 bridgehead atoms. The van der Waals surface area contributed by atoms with Gasteiger partial charge in [0.2, 0.25) is 10.0 Å². The third-order valence-electron chi connectivity index (χ3n) is 3.39. The number of nitrogens with one attached hydrogen (secondary N) is 1. The van der Waals surface area contributed by atoms with Gasteiger partial charge < -0.3 is 10.1 Å². The van der Waals surface area contributed by atoms with E-state index in [0.717, 1.165) is 0 Å². The predicted octanol–water partition coefficient (Wildman–Crippen LogP) is 1.11. The number of ether oxygens (including phenoxy) is 1. The number of methoxy groups -OCH3 is 1. The number of piperazine rings is 1. The van der Waals surface area contributed by atoms with Gasteiger partial charge in [-0.25, -0.2) is 13.2 Å². The van der Waals surface area contributed by atoms with Crippen LogP contribution in [0.25, 0.3) is 0 Å². The van der Waals surface area contributed by atoms with Gasteiger partial charge in [0, 0.05) is 25.7 Å². The fraction of sp³-hybridized carbons (Fsp3) is 0.462. The van der Waals surface area contributed by atoms with Gasteiger partial charge in [-0.05, 0) is 25.1 Å². The molecule has 1 fully saturated rings. The summed E-state index contributed by atoms with van der Waals surface area (Å²) in [7, 11) is -2.38. The summed E-state index contributed by atoms with van der Waals surface area (Å²) in [5, 5.41) is 3.20. The number of hydrogen-bond donors (Lipinski definition) is 1. The molecule has 0 amide bonds. The summed E-state index contributed by atoms with van der Waals surface area (Å²) in [6.07, 6.45) is 0. The van der Waals surface area contributed by atoms with E-state index in [1.165, 1.54) is 29.6 Å². The van der Waals surface area contributed by atoms with Crippen LogP contribution in [0.2, 0.25) is 5.02 Å². The van der Waals surface area contributed by atoms with Crippen LogP contribution in [0, 0.1) is 0 Å². The number of halogens is 1. The zero-order valence-electron chi connectivity index (χ0n) is 11.8. The molecule has 0 aliphatic carbocycles. The Morgan fingerprint density at radius 2 is 2.19 bits per heavy atom. The van der Waals surface area contributed by atoms with Crippen LogP contribution in [-0.2, 0) is 14.8 Å². The Labute approximate surface area is 129 Å². The average molecular weight is 333 g/mol. The normalized spacial score (nSPS) is 20.2. The first kappa shape index (κ1) is 16.2. The van der Waals surface area contributed by atoms with Crippen LogP contribution >= 0.6 is 11.6 Å². The van der Waals surface area contributed by atoms with E-state index in [1.54, 1.807) is 0 Å². The third kappa shape index (κ3) is 3.21. The molecule has 0 saturated carbocycles. The number of benzene rings is 1. The highest BCUT2D eigenvalue weighted by atomic mass is 35.5. The second-order valence-corrected chi connectivity index (χ2v) is 7.10. The Morgan fingerprint density at radius 1 is 1.48 bits per heavy atom. The summed E-state index contributed by atoms with van der Waals surface area (Å²) in [5.74, 6) is -0.598. The Bertz CT molecular complexity index is 648. The van der Waals surface area contributed by atoms with Crippen molar-refractivity contribution in [3.63, 3.8) is 0 Å². The molecule has 116 valence electrons. The second-order valence-electron chi connectivity index (χ2n) is 4.80. The molecule has 1 N–H and O–H groups in total. The third-order valence-corrected chi connectivity index (χ3v) is 5.72. The van der Waals surface area contributed by atoms with Crippen molar-refractivity contribution in [2.75, 3.05) is 26.7 Å². The molecule has 1 unspecified atom stereocenters. The lowest BCUT2D eigenvalue weighted by Crippen LogP contribution is -2.52. The van der Waals surface area contributed by atoms with Gasteiger partial charge in [-0.2, -0.15) is 4.31 Å². The van der Waals surface area contributed by atoms with Crippen LogP contribution < -0.4 is 5.32 Å². The Kier molecular flexibility index (Phi) is 4.88. The lowest BCUT2D eigenvalue weighted by Gasteiger charge is -2.32. The number of nitrogens with zero attached hydrogens (tertiary/aromatic N) is 1. The lowest BCUT2D eigenvalue weighted by molar-refractivity contribution is 0.0601. The average Bonchev–Trinajstić information content (AvgIpc) is 2.46. The molecule has 0 aromatic heterocycles. The van der Waals surface area contributed by atoms with Crippen molar-refractivity contribution in [2.24, 2.45) is 0 Å². The zero-order valence-corrected chi connectivity index (χ0v) is 13.4. The summed E-state index contributed by atoms with van der Waals surface area (Å²) in [5.41, 5.74) is 0.145. The number of carbonyl (C=O) groups is 1. The molecular formula is C13H17ClN2O4S. The summed E-state index contributed by atoms with van der Waals surface area (Å²) >= 11 is 5.99. The van der Waals surface area contributed by atoms with Crippen LogP contribution in [0.4, 0.5) is 0 Å². The monoisotopic (exact) mass is 332 g/mol. The van der Waals surface area contributed by atoms with Crippen LogP contribution in [0.1, 0.15) is 17.3 Å². The van der Waals surface area contributed by atoms with Crippen molar-refractivity contribution in [2.45, 2.75) is 17.9 Å². The van der Waals surface area contributed by atoms with E-state index in [-0.39, 0.29) is 21.5 Å². The van der Waals surface area contributed by atoms with Crippen molar-refractivity contribution in [3.8, 4) is 0 Å². The molecule has 1 aromatic rings. The maximum Gasteiger partial charge on any atom is 0.339 e. The van der Waals surface area contributed by atoms with Gasteiger partial charge in [0.15, 0.2) is 0 Å². The van der Waals surface area contributed by atoms with Gasteiger partial charge in [0.1, 0.15) is 0 Å². The smallest absolute Gasteiger partial charge is 0.339 e. The first-order valence-electron chi connectivity index (χ1n) is 6.48. The molecule has 0 radical (unpaired) electrons. The Hall–Kier alpha value is -1.15. The maximum absolute atomic E-state index is 12.6. The van der Waals surface area contributed by atoms with Crippen molar-refractivity contribution >= 4 is 27.6 Å². The second kappa shape index (κ2) is 6.31. The number of carbonyl (C=O) groups excluding carboxylic acids is 1. The van der Waals surface area contributed by atoms with Crippen LogP contribution in [0.15, 0.2) is 23.1 Å². The fourth-order valence-corrected chi connectivity index (χ4v) is 4.23. The van der Waals surface area contributed by atoms with Crippen molar-refractivity contribution in [1.82, 2.24) is 9.62 Å². The van der Waals surface area contributed by atoms with Gasteiger partial charge in [-0.1, -0.05) is 11.6 Å². The molecule has 6 nitrogen and oxygen atoms in total. The van der Waals surface area contributed by atoms with Crippen molar-refractivity contribution in [1.29, 1.82) is 0 Å². The summed E-state index contributed by atoms with van der Waals surface area (Å²) < 4.78 is 31.3. The molecule has 1 aliphatic rings. The van der Waals surface area contributed by atoms with E-state index >= 15 is 0 Å². The molecule has 1 aromatic carbocycles. The van der Waals surface area contributed by atoms with Gasteiger partial charge >= 0.3 is 5.97 Å². The van der Waals surface area contributed by atoms with Crippen LogP contribution in [0.3, 0.4) is 0 Å². The topological polar surface area (TPSA) is 75.7 Å². The summed E-state index contributed by atoms with van der Waals surface area (Å²) in [6.45, 7) is 3.46. The van der Waals surface area contributed by atoms with E-state index < -0.39 is 16.0 Å². The van der Waals surface area contributed by atoms with E-state index in [0.29, 0.717) is 19.6 Å². The quantitative estimate of drug-likeness (QED) is 0.839. The van der Waals surface area contributed by atoms with E-state index in [9.17, 15) is 13.2 Å².